The molecule has 0 aromatic heterocycles. The van der Waals surface area contributed by atoms with Gasteiger partial charge < -0.3 is 10.8 Å². The van der Waals surface area contributed by atoms with Crippen molar-refractivity contribution in [2.45, 2.75) is 19.4 Å². The number of halogens is 3. The van der Waals surface area contributed by atoms with Gasteiger partial charge in [0, 0.05) is 29.9 Å². The number of amides is 1. The van der Waals surface area contributed by atoms with Crippen molar-refractivity contribution >= 4 is 17.5 Å². The average molecular weight is 333 g/mol. The Balaban J connectivity index is 2.40. The van der Waals surface area contributed by atoms with E-state index < -0.39 is 35.0 Å². The van der Waals surface area contributed by atoms with Crippen LogP contribution in [-0.4, -0.2) is 35.5 Å². The molecule has 4 nitrogen and oxygen atoms in total. The van der Waals surface area contributed by atoms with Gasteiger partial charge in [0.15, 0.2) is 0 Å². The third kappa shape index (κ3) is 2.95. The van der Waals surface area contributed by atoms with Gasteiger partial charge in [0.25, 0.3) is 0 Å². The van der Waals surface area contributed by atoms with Crippen molar-refractivity contribution in [1.82, 2.24) is 4.90 Å². The summed E-state index contributed by atoms with van der Waals surface area (Å²) in [5.74, 6) is -3.18. The molecule has 0 radical (unpaired) electrons. The second-order valence-corrected chi connectivity index (χ2v) is 6.47. The molecule has 1 aromatic rings. The summed E-state index contributed by atoms with van der Waals surface area (Å²) in [7, 11) is 0. The van der Waals surface area contributed by atoms with E-state index in [0.29, 0.717) is 13.1 Å². The van der Waals surface area contributed by atoms with E-state index in [1.165, 1.54) is 0 Å². The maximum absolute atomic E-state index is 14.2. The molecule has 1 aliphatic rings. The highest BCUT2D eigenvalue weighted by Crippen LogP contribution is 2.43. The fourth-order valence-electron chi connectivity index (χ4n) is 3.38. The lowest BCUT2D eigenvalue weighted by Gasteiger charge is -2.47. The molecule has 1 amide bonds. The minimum Gasteiger partial charge on any atom is -0.384 e. The molecule has 0 saturated carbocycles. The summed E-state index contributed by atoms with van der Waals surface area (Å²) in [6.07, 6.45) is 0. The minimum absolute atomic E-state index is 0.0519. The van der Waals surface area contributed by atoms with Gasteiger partial charge in [0.2, 0.25) is 5.91 Å². The molecule has 0 bridgehead atoms. The van der Waals surface area contributed by atoms with E-state index >= 15 is 0 Å². The van der Waals surface area contributed by atoms with Crippen LogP contribution in [0.5, 0.6) is 0 Å². The SMILES string of the molecule is CC1CN(CC(N)=O)CC(C)C1(O)c1c(F)cc(Cl)cc1F. The maximum Gasteiger partial charge on any atom is 0.231 e. The summed E-state index contributed by atoms with van der Waals surface area (Å²) < 4.78 is 28.4. The molecule has 0 aliphatic carbocycles. The first kappa shape index (κ1) is 17.1. The van der Waals surface area contributed by atoms with Gasteiger partial charge in [-0.3, -0.25) is 9.69 Å². The smallest absolute Gasteiger partial charge is 0.231 e. The van der Waals surface area contributed by atoms with E-state index in [0.717, 1.165) is 12.1 Å². The number of carbonyl (C=O) groups excluding carboxylic acids is 1. The van der Waals surface area contributed by atoms with E-state index in [4.69, 9.17) is 17.3 Å². The lowest BCUT2D eigenvalue weighted by Crippen LogP contribution is -2.56. The van der Waals surface area contributed by atoms with Gasteiger partial charge in [-0.1, -0.05) is 25.4 Å². The molecule has 1 aromatic carbocycles. The van der Waals surface area contributed by atoms with Crippen molar-refractivity contribution in [3.63, 3.8) is 0 Å². The van der Waals surface area contributed by atoms with Gasteiger partial charge in [-0.2, -0.15) is 0 Å². The van der Waals surface area contributed by atoms with Crippen LogP contribution >= 0.6 is 11.6 Å². The van der Waals surface area contributed by atoms with E-state index in [9.17, 15) is 18.7 Å². The number of carbonyl (C=O) groups is 1. The third-order valence-corrected chi connectivity index (χ3v) is 4.57. The second-order valence-electron chi connectivity index (χ2n) is 6.03. The first-order chi connectivity index (χ1) is 10.2. The molecule has 7 heteroatoms. The lowest BCUT2D eigenvalue weighted by molar-refractivity contribution is -0.130. The van der Waals surface area contributed by atoms with Gasteiger partial charge in [0.05, 0.1) is 12.1 Å². The van der Waals surface area contributed by atoms with Crippen molar-refractivity contribution in [3.05, 3.63) is 34.4 Å². The predicted octanol–water partition coefficient (Wildman–Crippen LogP) is 1.88. The standard InChI is InChI=1S/C15H19ClF2N2O2/c1-8-5-20(7-13(19)21)6-9(2)15(8,22)14-11(17)3-10(16)4-12(14)18/h3-4,8-9,22H,5-7H2,1-2H3,(H2,19,21). The average Bonchev–Trinajstić information content (AvgIpc) is 2.34. The highest BCUT2D eigenvalue weighted by molar-refractivity contribution is 6.30. The number of primary amides is 1. The van der Waals surface area contributed by atoms with Crippen LogP contribution in [0.15, 0.2) is 12.1 Å². The summed E-state index contributed by atoms with van der Waals surface area (Å²) in [5, 5.41) is 11.0. The summed E-state index contributed by atoms with van der Waals surface area (Å²) in [6, 6.07) is 1.99. The number of likely N-dealkylation sites (tertiary alicyclic amines) is 1. The molecule has 3 N–H and O–H groups in total. The summed E-state index contributed by atoms with van der Waals surface area (Å²) >= 11 is 5.64. The molecule has 22 heavy (non-hydrogen) atoms. The zero-order valence-electron chi connectivity index (χ0n) is 12.4. The number of hydrogen-bond donors (Lipinski definition) is 2. The zero-order valence-corrected chi connectivity index (χ0v) is 13.2. The zero-order chi connectivity index (χ0) is 16.7. The van der Waals surface area contributed by atoms with Crippen LogP contribution in [0.25, 0.3) is 0 Å². The van der Waals surface area contributed by atoms with E-state index in [-0.39, 0.29) is 17.1 Å². The Morgan fingerprint density at radius 1 is 1.36 bits per heavy atom. The summed E-state index contributed by atoms with van der Waals surface area (Å²) in [6.45, 7) is 4.06. The summed E-state index contributed by atoms with van der Waals surface area (Å²) in [4.78, 5) is 12.8. The van der Waals surface area contributed by atoms with Crippen molar-refractivity contribution in [2.24, 2.45) is 17.6 Å². The molecule has 2 rings (SSSR count). The van der Waals surface area contributed by atoms with Crippen LogP contribution in [-0.2, 0) is 10.4 Å². The van der Waals surface area contributed by atoms with Gasteiger partial charge in [-0.15, -0.1) is 0 Å². The number of rotatable bonds is 3. The van der Waals surface area contributed by atoms with Crippen molar-refractivity contribution in [1.29, 1.82) is 0 Å². The van der Waals surface area contributed by atoms with Crippen LogP contribution in [0.2, 0.25) is 5.02 Å². The second kappa shape index (κ2) is 6.10. The van der Waals surface area contributed by atoms with E-state index in [1.807, 2.05) is 0 Å². The van der Waals surface area contributed by atoms with Crippen molar-refractivity contribution in [3.8, 4) is 0 Å². The Labute approximate surface area is 132 Å². The Morgan fingerprint density at radius 3 is 2.23 bits per heavy atom. The number of benzene rings is 1. The minimum atomic E-state index is -1.67. The first-order valence-electron chi connectivity index (χ1n) is 7.04. The largest absolute Gasteiger partial charge is 0.384 e. The van der Waals surface area contributed by atoms with Gasteiger partial charge in [0.1, 0.15) is 17.2 Å². The van der Waals surface area contributed by atoms with Crippen LogP contribution in [0.1, 0.15) is 19.4 Å². The predicted molar refractivity (Wildman–Crippen MR) is 79.2 cm³/mol. The number of hydrogen-bond acceptors (Lipinski definition) is 3. The Kier molecular flexibility index (Phi) is 4.75. The number of aliphatic hydroxyl groups is 1. The van der Waals surface area contributed by atoms with Crippen LogP contribution in [0, 0.1) is 23.5 Å². The molecule has 2 atom stereocenters. The van der Waals surface area contributed by atoms with Crippen molar-refractivity contribution < 1.29 is 18.7 Å². The number of nitrogens with two attached hydrogens (primary N) is 1. The van der Waals surface area contributed by atoms with Crippen molar-refractivity contribution in [2.75, 3.05) is 19.6 Å². The Morgan fingerprint density at radius 2 is 1.82 bits per heavy atom. The molecule has 1 saturated heterocycles. The normalized spacial score (nSPS) is 29.5. The van der Waals surface area contributed by atoms with Crippen LogP contribution in [0.3, 0.4) is 0 Å². The fourth-order valence-corrected chi connectivity index (χ4v) is 3.57. The van der Waals surface area contributed by atoms with Gasteiger partial charge in [-0.25, -0.2) is 8.78 Å². The van der Waals surface area contributed by atoms with Gasteiger partial charge in [-0.05, 0) is 12.1 Å². The van der Waals surface area contributed by atoms with Crippen LogP contribution < -0.4 is 5.73 Å². The highest BCUT2D eigenvalue weighted by atomic mass is 35.5. The van der Waals surface area contributed by atoms with Crippen LogP contribution in [0.4, 0.5) is 8.78 Å². The van der Waals surface area contributed by atoms with E-state index in [1.54, 1.807) is 18.7 Å². The molecule has 122 valence electrons. The lowest BCUT2D eigenvalue weighted by atomic mass is 9.70. The number of nitrogens with zero attached hydrogens (tertiary/aromatic N) is 1. The monoisotopic (exact) mass is 332 g/mol. The highest BCUT2D eigenvalue weighted by Gasteiger charge is 2.48. The topological polar surface area (TPSA) is 66.6 Å². The molecule has 1 fully saturated rings. The quantitative estimate of drug-likeness (QED) is 0.888. The fraction of sp³-hybridized carbons (Fsp3) is 0.533. The summed E-state index contributed by atoms with van der Waals surface area (Å²) in [5.41, 5.74) is 3.14. The molecule has 0 spiro atoms. The molecule has 2 unspecified atom stereocenters. The molecule has 1 aliphatic heterocycles. The molecule has 1 heterocycles. The molecular formula is C15H19ClF2N2O2. The molecular weight excluding hydrogens is 314 g/mol. The third-order valence-electron chi connectivity index (χ3n) is 4.35. The number of piperidine rings is 1. The first-order valence-corrected chi connectivity index (χ1v) is 7.42. The Hall–Kier alpha value is -1.24. The maximum atomic E-state index is 14.2. The van der Waals surface area contributed by atoms with E-state index in [2.05, 4.69) is 0 Å². The Bertz CT molecular complexity index is 562. The van der Waals surface area contributed by atoms with Gasteiger partial charge >= 0.3 is 0 Å².